The summed E-state index contributed by atoms with van der Waals surface area (Å²) in [6, 6.07) is 6.80. The SMILES string of the molecule is CNCCCNC(=O)CNC(=O)NCc1ccc(Cl)cc1.Cl. The molecular weight excluding hydrogens is 327 g/mol. The maximum Gasteiger partial charge on any atom is 0.315 e. The summed E-state index contributed by atoms with van der Waals surface area (Å²) in [6.45, 7) is 1.78. The van der Waals surface area contributed by atoms with Crippen molar-refractivity contribution in [3.63, 3.8) is 0 Å². The number of halogens is 2. The van der Waals surface area contributed by atoms with E-state index in [0.29, 0.717) is 18.1 Å². The highest BCUT2D eigenvalue weighted by Gasteiger charge is 2.04. The van der Waals surface area contributed by atoms with Gasteiger partial charge < -0.3 is 21.3 Å². The van der Waals surface area contributed by atoms with E-state index in [1.807, 2.05) is 19.2 Å². The van der Waals surface area contributed by atoms with Crippen molar-refractivity contribution in [1.82, 2.24) is 21.3 Å². The third-order valence-electron chi connectivity index (χ3n) is 2.70. The van der Waals surface area contributed by atoms with Crippen molar-refractivity contribution in [1.29, 1.82) is 0 Å². The molecule has 0 radical (unpaired) electrons. The zero-order chi connectivity index (χ0) is 15.5. The van der Waals surface area contributed by atoms with Crippen LogP contribution in [0.15, 0.2) is 24.3 Å². The number of nitrogens with one attached hydrogen (secondary N) is 4. The lowest BCUT2D eigenvalue weighted by atomic mass is 10.2. The minimum atomic E-state index is -0.379. The summed E-state index contributed by atoms with van der Waals surface area (Å²) in [6.07, 6.45) is 0.852. The number of benzene rings is 1. The van der Waals surface area contributed by atoms with E-state index >= 15 is 0 Å². The Labute approximate surface area is 141 Å². The molecular formula is C14H22Cl2N4O2. The van der Waals surface area contributed by atoms with Crippen LogP contribution in [0.5, 0.6) is 0 Å². The van der Waals surface area contributed by atoms with Gasteiger partial charge in [0.05, 0.1) is 6.54 Å². The molecule has 1 aromatic carbocycles. The molecule has 0 saturated carbocycles. The molecule has 0 bridgehead atoms. The zero-order valence-corrected chi connectivity index (χ0v) is 14.0. The van der Waals surface area contributed by atoms with Crippen molar-refractivity contribution < 1.29 is 9.59 Å². The molecule has 0 fully saturated rings. The molecule has 0 aliphatic heterocycles. The van der Waals surface area contributed by atoms with Crippen LogP contribution in [-0.4, -0.2) is 38.6 Å². The number of hydrogen-bond acceptors (Lipinski definition) is 3. The first-order valence-electron chi connectivity index (χ1n) is 6.79. The maximum absolute atomic E-state index is 11.5. The quantitative estimate of drug-likeness (QED) is 0.534. The van der Waals surface area contributed by atoms with Gasteiger partial charge in [-0.3, -0.25) is 4.79 Å². The average molecular weight is 349 g/mol. The van der Waals surface area contributed by atoms with Crippen molar-refractivity contribution in [3.8, 4) is 0 Å². The van der Waals surface area contributed by atoms with E-state index in [9.17, 15) is 9.59 Å². The molecule has 0 unspecified atom stereocenters. The molecule has 1 rings (SSSR count). The zero-order valence-electron chi connectivity index (χ0n) is 12.4. The Hall–Kier alpha value is -1.50. The van der Waals surface area contributed by atoms with Crippen LogP contribution in [0.3, 0.4) is 0 Å². The molecule has 0 heterocycles. The number of rotatable bonds is 8. The minimum absolute atomic E-state index is 0. The van der Waals surface area contributed by atoms with Crippen LogP contribution >= 0.6 is 24.0 Å². The molecule has 0 atom stereocenters. The van der Waals surface area contributed by atoms with Crippen LogP contribution in [0.1, 0.15) is 12.0 Å². The Bertz CT molecular complexity index is 455. The molecule has 0 saturated heterocycles. The first-order valence-corrected chi connectivity index (χ1v) is 7.17. The Balaban J connectivity index is 0.00000441. The van der Waals surface area contributed by atoms with Gasteiger partial charge in [0.1, 0.15) is 0 Å². The third-order valence-corrected chi connectivity index (χ3v) is 2.95. The number of urea groups is 1. The van der Waals surface area contributed by atoms with Gasteiger partial charge >= 0.3 is 6.03 Å². The van der Waals surface area contributed by atoms with Gasteiger partial charge in [-0.2, -0.15) is 0 Å². The topological polar surface area (TPSA) is 82.3 Å². The normalized spacial score (nSPS) is 9.55. The first kappa shape index (κ1) is 20.5. The molecule has 6 nitrogen and oxygen atoms in total. The maximum atomic E-state index is 11.5. The summed E-state index contributed by atoms with van der Waals surface area (Å²) in [5.41, 5.74) is 0.936. The van der Waals surface area contributed by atoms with Crippen LogP contribution in [0.4, 0.5) is 4.79 Å². The predicted octanol–water partition coefficient (Wildman–Crippen LogP) is 1.29. The van der Waals surface area contributed by atoms with Gasteiger partial charge in [0.25, 0.3) is 0 Å². The Kier molecular flexibility index (Phi) is 11.3. The second-order valence-electron chi connectivity index (χ2n) is 4.47. The van der Waals surface area contributed by atoms with Crippen LogP contribution in [-0.2, 0) is 11.3 Å². The van der Waals surface area contributed by atoms with Crippen molar-refractivity contribution in [3.05, 3.63) is 34.9 Å². The van der Waals surface area contributed by atoms with Crippen molar-refractivity contribution >= 4 is 35.9 Å². The lowest BCUT2D eigenvalue weighted by Crippen LogP contribution is -2.42. The number of hydrogen-bond donors (Lipinski definition) is 4. The first-order chi connectivity index (χ1) is 10.1. The Morgan fingerprint density at radius 1 is 1.05 bits per heavy atom. The number of carbonyl (C=O) groups excluding carboxylic acids is 2. The summed E-state index contributed by atoms with van der Waals surface area (Å²) in [4.78, 5) is 23.0. The molecule has 0 aromatic heterocycles. The second kappa shape index (κ2) is 12.1. The van der Waals surface area contributed by atoms with E-state index < -0.39 is 0 Å². The predicted molar refractivity (Wildman–Crippen MR) is 90.5 cm³/mol. The molecule has 0 aliphatic carbocycles. The molecule has 3 amide bonds. The number of amides is 3. The van der Waals surface area contributed by atoms with E-state index in [1.54, 1.807) is 12.1 Å². The molecule has 22 heavy (non-hydrogen) atoms. The number of carbonyl (C=O) groups is 2. The molecule has 0 aliphatic rings. The molecule has 8 heteroatoms. The highest BCUT2D eigenvalue weighted by Crippen LogP contribution is 2.08. The smallest absolute Gasteiger partial charge is 0.315 e. The largest absolute Gasteiger partial charge is 0.355 e. The average Bonchev–Trinajstić information content (AvgIpc) is 2.49. The van der Waals surface area contributed by atoms with Crippen molar-refractivity contribution in [2.24, 2.45) is 0 Å². The fourth-order valence-corrected chi connectivity index (χ4v) is 1.69. The Morgan fingerprint density at radius 2 is 1.73 bits per heavy atom. The van der Waals surface area contributed by atoms with E-state index in [0.717, 1.165) is 18.5 Å². The van der Waals surface area contributed by atoms with Gasteiger partial charge in [-0.15, -0.1) is 12.4 Å². The fraction of sp³-hybridized carbons (Fsp3) is 0.429. The molecule has 124 valence electrons. The van der Waals surface area contributed by atoms with E-state index in [2.05, 4.69) is 21.3 Å². The lowest BCUT2D eigenvalue weighted by molar-refractivity contribution is -0.120. The summed E-state index contributed by atoms with van der Waals surface area (Å²) >= 11 is 5.77. The van der Waals surface area contributed by atoms with Gasteiger partial charge in [0, 0.05) is 18.1 Å². The molecule has 4 N–H and O–H groups in total. The van der Waals surface area contributed by atoms with Gasteiger partial charge in [0.2, 0.25) is 5.91 Å². The van der Waals surface area contributed by atoms with Gasteiger partial charge in [-0.25, -0.2) is 4.79 Å². The van der Waals surface area contributed by atoms with Crippen LogP contribution in [0.25, 0.3) is 0 Å². The lowest BCUT2D eigenvalue weighted by Gasteiger charge is -2.08. The minimum Gasteiger partial charge on any atom is -0.355 e. The highest BCUT2D eigenvalue weighted by atomic mass is 35.5. The van der Waals surface area contributed by atoms with E-state index in [4.69, 9.17) is 11.6 Å². The fourth-order valence-electron chi connectivity index (χ4n) is 1.56. The standard InChI is InChI=1S/C14H21ClN4O2.ClH/c1-16-7-2-8-17-13(20)10-19-14(21)18-9-11-3-5-12(15)6-4-11;/h3-6,16H,2,7-10H2,1H3,(H,17,20)(H2,18,19,21);1H. The highest BCUT2D eigenvalue weighted by molar-refractivity contribution is 6.30. The van der Waals surface area contributed by atoms with Crippen molar-refractivity contribution in [2.75, 3.05) is 26.7 Å². The summed E-state index contributed by atoms with van der Waals surface area (Å²) in [7, 11) is 1.86. The second-order valence-corrected chi connectivity index (χ2v) is 4.91. The third kappa shape index (κ3) is 9.44. The monoisotopic (exact) mass is 348 g/mol. The van der Waals surface area contributed by atoms with Crippen LogP contribution in [0, 0.1) is 0 Å². The van der Waals surface area contributed by atoms with Gasteiger partial charge in [0.15, 0.2) is 0 Å². The van der Waals surface area contributed by atoms with E-state index in [-0.39, 0.29) is 30.9 Å². The van der Waals surface area contributed by atoms with Crippen LogP contribution < -0.4 is 21.3 Å². The molecule has 1 aromatic rings. The molecule has 0 spiro atoms. The van der Waals surface area contributed by atoms with E-state index in [1.165, 1.54) is 0 Å². The summed E-state index contributed by atoms with van der Waals surface area (Å²) < 4.78 is 0. The summed E-state index contributed by atoms with van der Waals surface area (Å²) in [5, 5.41) is 11.5. The van der Waals surface area contributed by atoms with Crippen LogP contribution in [0.2, 0.25) is 5.02 Å². The van der Waals surface area contributed by atoms with Gasteiger partial charge in [-0.1, -0.05) is 23.7 Å². The summed E-state index contributed by atoms with van der Waals surface area (Å²) in [5.74, 6) is -0.201. The van der Waals surface area contributed by atoms with Gasteiger partial charge in [-0.05, 0) is 37.7 Å². The Morgan fingerprint density at radius 3 is 2.36 bits per heavy atom. The van der Waals surface area contributed by atoms with Crippen molar-refractivity contribution in [2.45, 2.75) is 13.0 Å².